The van der Waals surface area contributed by atoms with Crippen LogP contribution in [0.4, 0.5) is 5.82 Å². The number of halogens is 2. The van der Waals surface area contributed by atoms with Gasteiger partial charge in [0.2, 0.25) is 5.91 Å². The number of likely N-dealkylation sites (tertiary alicyclic amines) is 1. The van der Waals surface area contributed by atoms with Gasteiger partial charge in [-0.2, -0.15) is 0 Å². The molecule has 3 aliphatic rings. The molecule has 4 heterocycles. The largest absolute Gasteiger partial charge is 0.481 e. The van der Waals surface area contributed by atoms with Gasteiger partial charge in [-0.05, 0) is 98.8 Å². The van der Waals surface area contributed by atoms with Gasteiger partial charge >= 0.3 is 5.97 Å². The number of anilines is 1. The SMILES string of the molecule is O=C(O)CC(c1cnc2c(c1)CCCC2)C1CCN(C(=O)C(I)CCc2ccc3c(n2)NCCC3)C(I)C1. The number of aromatic nitrogens is 2. The van der Waals surface area contributed by atoms with E-state index in [1.807, 2.05) is 11.1 Å². The number of piperidine rings is 1. The fourth-order valence-corrected chi connectivity index (χ4v) is 8.07. The fourth-order valence-electron chi connectivity index (χ4n) is 6.19. The van der Waals surface area contributed by atoms with Crippen molar-refractivity contribution in [1.29, 1.82) is 0 Å². The highest BCUT2D eigenvalue weighted by Gasteiger charge is 2.37. The molecule has 7 nitrogen and oxygen atoms in total. The van der Waals surface area contributed by atoms with Gasteiger partial charge in [-0.15, -0.1) is 0 Å². The molecule has 0 radical (unpaired) electrons. The van der Waals surface area contributed by atoms with Gasteiger partial charge in [0.05, 0.1) is 14.4 Å². The van der Waals surface area contributed by atoms with E-state index in [0.29, 0.717) is 6.54 Å². The number of aryl methyl sites for hydroxylation is 4. The second-order valence-electron chi connectivity index (χ2n) is 10.9. The minimum Gasteiger partial charge on any atom is -0.481 e. The topological polar surface area (TPSA) is 95.4 Å². The molecule has 38 heavy (non-hydrogen) atoms. The molecule has 5 rings (SSSR count). The Morgan fingerprint density at radius 3 is 2.79 bits per heavy atom. The van der Waals surface area contributed by atoms with Crippen molar-refractivity contribution in [3.8, 4) is 0 Å². The lowest BCUT2D eigenvalue weighted by atomic mass is 9.77. The van der Waals surface area contributed by atoms with E-state index in [4.69, 9.17) is 9.97 Å². The number of carbonyl (C=O) groups excluding carboxylic acids is 1. The number of fused-ring (bicyclic) bond motifs is 2. The Morgan fingerprint density at radius 2 is 1.97 bits per heavy atom. The van der Waals surface area contributed by atoms with Crippen LogP contribution >= 0.6 is 45.2 Å². The minimum atomic E-state index is -0.769. The standard InChI is InChI=1S/C29H36I2N4O3/c30-24(10-9-22-8-7-18-5-3-12-32-28(18)34-22)29(38)35-13-11-19(15-26(35)31)23(16-27(36)37)21-14-20-4-1-2-6-25(20)33-17-21/h7-8,14,17,19,23-24,26H,1-6,9-13,15-16H2,(H,32,34)(H,36,37). The molecule has 0 saturated carbocycles. The zero-order chi connectivity index (χ0) is 26.6. The molecule has 4 unspecified atom stereocenters. The van der Waals surface area contributed by atoms with Crippen molar-refractivity contribution in [3.63, 3.8) is 0 Å². The number of rotatable bonds is 8. The summed E-state index contributed by atoms with van der Waals surface area (Å²) in [6, 6.07) is 6.50. The average molecular weight is 742 g/mol. The van der Waals surface area contributed by atoms with E-state index in [0.717, 1.165) is 75.0 Å². The van der Waals surface area contributed by atoms with Crippen LogP contribution in [0.3, 0.4) is 0 Å². The van der Waals surface area contributed by atoms with Gasteiger partial charge in [-0.25, -0.2) is 4.98 Å². The Kier molecular flexibility index (Phi) is 9.43. The highest BCUT2D eigenvalue weighted by molar-refractivity contribution is 14.1. The summed E-state index contributed by atoms with van der Waals surface area (Å²) in [6.45, 7) is 1.65. The average Bonchev–Trinajstić information content (AvgIpc) is 2.93. The van der Waals surface area contributed by atoms with Crippen LogP contribution < -0.4 is 5.32 Å². The summed E-state index contributed by atoms with van der Waals surface area (Å²) in [6.07, 6.45) is 11.8. The molecule has 0 spiro atoms. The first kappa shape index (κ1) is 28.0. The first-order chi connectivity index (χ1) is 18.4. The van der Waals surface area contributed by atoms with Crippen molar-refractivity contribution in [1.82, 2.24) is 14.9 Å². The number of pyridine rings is 2. The van der Waals surface area contributed by atoms with Gasteiger partial charge in [0.15, 0.2) is 0 Å². The molecule has 0 bridgehead atoms. The van der Waals surface area contributed by atoms with E-state index < -0.39 is 5.97 Å². The van der Waals surface area contributed by atoms with Crippen LogP contribution in [0.2, 0.25) is 0 Å². The van der Waals surface area contributed by atoms with Crippen molar-refractivity contribution in [2.75, 3.05) is 18.4 Å². The maximum absolute atomic E-state index is 13.4. The van der Waals surface area contributed by atoms with E-state index in [2.05, 4.69) is 68.7 Å². The molecule has 4 atom stereocenters. The van der Waals surface area contributed by atoms with Crippen molar-refractivity contribution >= 4 is 62.9 Å². The molecule has 1 saturated heterocycles. The smallest absolute Gasteiger partial charge is 0.303 e. The van der Waals surface area contributed by atoms with E-state index in [1.54, 1.807) is 0 Å². The summed E-state index contributed by atoms with van der Waals surface area (Å²) in [5.41, 5.74) is 5.84. The van der Waals surface area contributed by atoms with Crippen molar-refractivity contribution in [2.24, 2.45) is 5.92 Å². The summed E-state index contributed by atoms with van der Waals surface area (Å²) < 4.78 is -0.0454. The van der Waals surface area contributed by atoms with Gasteiger partial charge in [-0.1, -0.05) is 57.3 Å². The number of nitrogens with zero attached hydrogens (tertiary/aromatic N) is 3. The molecular formula is C29H36I2N4O3. The summed E-state index contributed by atoms with van der Waals surface area (Å²) in [5, 5.41) is 13.1. The molecule has 1 amide bonds. The number of alkyl halides is 2. The quantitative estimate of drug-likeness (QED) is 0.205. The molecule has 2 aliphatic heterocycles. The third-order valence-electron chi connectivity index (χ3n) is 8.32. The molecule has 2 aromatic heterocycles. The van der Waals surface area contributed by atoms with Crippen molar-refractivity contribution in [3.05, 3.63) is 52.5 Å². The van der Waals surface area contributed by atoms with E-state index in [1.165, 1.54) is 29.7 Å². The van der Waals surface area contributed by atoms with Gasteiger partial charge in [0, 0.05) is 30.7 Å². The number of carbonyl (C=O) groups is 2. The number of aliphatic carboxylic acids is 1. The molecule has 2 N–H and O–H groups in total. The zero-order valence-electron chi connectivity index (χ0n) is 21.7. The third kappa shape index (κ3) is 6.62. The van der Waals surface area contributed by atoms with E-state index in [-0.39, 0.29) is 32.1 Å². The highest BCUT2D eigenvalue weighted by atomic mass is 127. The third-order valence-corrected chi connectivity index (χ3v) is 10.7. The molecular weight excluding hydrogens is 706 g/mol. The minimum absolute atomic E-state index is 0.0593. The Morgan fingerprint density at radius 1 is 1.16 bits per heavy atom. The first-order valence-corrected chi connectivity index (χ1v) is 16.4. The van der Waals surface area contributed by atoms with Crippen molar-refractivity contribution in [2.45, 2.75) is 84.5 Å². The van der Waals surface area contributed by atoms with Crippen molar-refractivity contribution < 1.29 is 14.7 Å². The number of hydrogen-bond acceptors (Lipinski definition) is 5. The number of carboxylic acid groups (broad SMARTS) is 1. The highest BCUT2D eigenvalue weighted by Crippen LogP contribution is 2.40. The van der Waals surface area contributed by atoms with Gasteiger partial charge in [-0.3, -0.25) is 14.6 Å². The zero-order valence-corrected chi connectivity index (χ0v) is 26.0. The van der Waals surface area contributed by atoms with Gasteiger partial charge in [0.25, 0.3) is 0 Å². The monoisotopic (exact) mass is 742 g/mol. The van der Waals surface area contributed by atoms with Crippen LogP contribution in [0.1, 0.15) is 78.9 Å². The summed E-state index contributed by atoms with van der Waals surface area (Å²) in [5.74, 6) is 0.574. The summed E-state index contributed by atoms with van der Waals surface area (Å²) >= 11 is 4.67. The maximum Gasteiger partial charge on any atom is 0.303 e. The Bertz CT molecular complexity index is 1180. The number of amides is 1. The van der Waals surface area contributed by atoms with Crippen LogP contribution in [0.15, 0.2) is 24.4 Å². The normalized spacial score (nSPS) is 22.5. The predicted molar refractivity (Wildman–Crippen MR) is 165 cm³/mol. The Balaban J connectivity index is 1.20. The fraction of sp³-hybridized carbons (Fsp3) is 0.586. The number of nitrogens with one attached hydrogen (secondary N) is 1. The van der Waals surface area contributed by atoms with E-state index >= 15 is 0 Å². The number of hydrogen-bond donors (Lipinski definition) is 2. The van der Waals surface area contributed by atoms with Crippen LogP contribution in [0.5, 0.6) is 0 Å². The second-order valence-corrected chi connectivity index (χ2v) is 13.8. The molecule has 9 heteroatoms. The van der Waals surface area contributed by atoms with Gasteiger partial charge < -0.3 is 15.3 Å². The summed E-state index contributed by atoms with van der Waals surface area (Å²) in [4.78, 5) is 36.8. The second kappa shape index (κ2) is 12.8. The van der Waals surface area contributed by atoms with Crippen LogP contribution in [-0.4, -0.2) is 52.9 Å². The predicted octanol–water partition coefficient (Wildman–Crippen LogP) is 5.71. The maximum atomic E-state index is 13.4. The number of carboxylic acids is 1. The van der Waals surface area contributed by atoms with E-state index in [9.17, 15) is 14.7 Å². The molecule has 204 valence electrons. The molecule has 0 aromatic carbocycles. The first-order valence-electron chi connectivity index (χ1n) is 13.9. The van der Waals surface area contributed by atoms with Gasteiger partial charge in [0.1, 0.15) is 5.82 Å². The summed E-state index contributed by atoms with van der Waals surface area (Å²) in [7, 11) is 0. The van der Waals surface area contributed by atoms with Crippen LogP contribution in [0.25, 0.3) is 0 Å². The molecule has 1 aliphatic carbocycles. The Labute approximate surface area is 252 Å². The Hall–Kier alpha value is -1.50. The lowest BCUT2D eigenvalue weighted by Gasteiger charge is -2.40. The molecule has 2 aromatic rings. The van der Waals surface area contributed by atoms with Crippen LogP contribution in [-0.2, 0) is 35.3 Å². The van der Waals surface area contributed by atoms with Crippen LogP contribution in [0, 0.1) is 5.92 Å². The lowest BCUT2D eigenvalue weighted by molar-refractivity contribution is -0.138. The lowest BCUT2D eigenvalue weighted by Crippen LogP contribution is -2.47. The molecule has 1 fully saturated rings.